The second-order valence-corrected chi connectivity index (χ2v) is 6.61. The molecular formula is C21H21FN4O3. The number of nitrogens with zero attached hydrogens (tertiary/aromatic N) is 2. The Morgan fingerprint density at radius 3 is 2.83 bits per heavy atom. The van der Waals surface area contributed by atoms with Crippen LogP contribution in [0, 0.1) is 5.82 Å². The number of rotatable bonds is 5. The molecule has 0 spiro atoms. The van der Waals surface area contributed by atoms with Gasteiger partial charge in [-0.1, -0.05) is 12.1 Å². The fraction of sp³-hybridized carbons (Fsp3) is 0.238. The number of benzene rings is 2. The molecule has 150 valence electrons. The van der Waals surface area contributed by atoms with Crippen LogP contribution in [-0.4, -0.2) is 49.5 Å². The molecule has 0 aliphatic carbocycles. The van der Waals surface area contributed by atoms with Gasteiger partial charge in [0.15, 0.2) is 0 Å². The maximum absolute atomic E-state index is 13.6. The summed E-state index contributed by atoms with van der Waals surface area (Å²) in [5.41, 5.74) is 2.56. The predicted octanol–water partition coefficient (Wildman–Crippen LogP) is 3.31. The monoisotopic (exact) mass is 396 g/mol. The van der Waals surface area contributed by atoms with Crippen molar-refractivity contribution in [3.05, 3.63) is 60.0 Å². The number of nitrogens with one attached hydrogen (secondary N) is 2. The number of morpholine rings is 1. The van der Waals surface area contributed by atoms with Gasteiger partial charge in [0.25, 0.3) is 5.91 Å². The average Bonchev–Trinajstić information content (AvgIpc) is 3.22. The Labute approximate surface area is 167 Å². The fourth-order valence-corrected chi connectivity index (χ4v) is 3.32. The maximum atomic E-state index is 13.6. The second-order valence-electron chi connectivity index (χ2n) is 6.61. The SMILES string of the molecule is COc1ccc(C(=O)Nc2[nH]ncc2-c2cccc(F)c2)cc1N1CCOCC1. The summed E-state index contributed by atoms with van der Waals surface area (Å²) >= 11 is 0. The summed E-state index contributed by atoms with van der Waals surface area (Å²) in [6.07, 6.45) is 1.55. The number of aromatic amines is 1. The van der Waals surface area contributed by atoms with Crippen LogP contribution in [0.5, 0.6) is 5.75 Å². The van der Waals surface area contributed by atoms with Crippen molar-refractivity contribution in [3.63, 3.8) is 0 Å². The molecule has 1 aliphatic heterocycles. The molecule has 0 unspecified atom stereocenters. The molecule has 0 saturated carbocycles. The molecule has 3 aromatic rings. The first-order chi connectivity index (χ1) is 14.2. The predicted molar refractivity (Wildman–Crippen MR) is 108 cm³/mol. The lowest BCUT2D eigenvalue weighted by molar-refractivity contribution is 0.102. The Bertz CT molecular complexity index is 1010. The lowest BCUT2D eigenvalue weighted by Gasteiger charge is -2.30. The van der Waals surface area contributed by atoms with Gasteiger partial charge in [0.05, 0.1) is 32.2 Å². The smallest absolute Gasteiger partial charge is 0.256 e. The number of methoxy groups -OCH3 is 1. The Balaban J connectivity index is 1.59. The van der Waals surface area contributed by atoms with Crippen LogP contribution in [-0.2, 0) is 4.74 Å². The first-order valence-corrected chi connectivity index (χ1v) is 9.27. The summed E-state index contributed by atoms with van der Waals surface area (Å²) in [5.74, 6) is 0.449. The molecule has 2 N–H and O–H groups in total. The van der Waals surface area contributed by atoms with Crippen LogP contribution in [0.3, 0.4) is 0 Å². The molecular weight excluding hydrogens is 375 g/mol. The van der Waals surface area contributed by atoms with Crippen LogP contribution in [0.1, 0.15) is 10.4 Å². The molecule has 29 heavy (non-hydrogen) atoms. The molecule has 1 aliphatic rings. The minimum Gasteiger partial charge on any atom is -0.495 e. The van der Waals surface area contributed by atoms with Gasteiger partial charge in [0.2, 0.25) is 0 Å². The third-order valence-corrected chi connectivity index (χ3v) is 4.81. The number of carbonyl (C=O) groups excluding carboxylic acids is 1. The van der Waals surface area contributed by atoms with Gasteiger partial charge in [-0.2, -0.15) is 5.10 Å². The summed E-state index contributed by atoms with van der Waals surface area (Å²) in [7, 11) is 1.61. The van der Waals surface area contributed by atoms with Crippen LogP contribution < -0.4 is 15.0 Å². The van der Waals surface area contributed by atoms with Gasteiger partial charge in [0.1, 0.15) is 17.4 Å². The normalized spacial score (nSPS) is 13.9. The average molecular weight is 396 g/mol. The minimum atomic E-state index is -0.355. The summed E-state index contributed by atoms with van der Waals surface area (Å²) in [6, 6.07) is 11.4. The van der Waals surface area contributed by atoms with Crippen molar-refractivity contribution in [2.24, 2.45) is 0 Å². The molecule has 0 radical (unpaired) electrons. The van der Waals surface area contributed by atoms with E-state index in [1.807, 2.05) is 0 Å². The van der Waals surface area contributed by atoms with E-state index in [1.165, 1.54) is 12.1 Å². The Morgan fingerprint density at radius 2 is 2.07 bits per heavy atom. The Morgan fingerprint density at radius 1 is 1.24 bits per heavy atom. The summed E-state index contributed by atoms with van der Waals surface area (Å²) < 4.78 is 24.4. The van der Waals surface area contributed by atoms with Crippen molar-refractivity contribution in [1.82, 2.24) is 10.2 Å². The fourth-order valence-electron chi connectivity index (χ4n) is 3.32. The molecule has 2 aromatic carbocycles. The van der Waals surface area contributed by atoms with Gasteiger partial charge in [-0.3, -0.25) is 9.89 Å². The van der Waals surface area contributed by atoms with Crippen molar-refractivity contribution >= 4 is 17.4 Å². The Kier molecular flexibility index (Phi) is 5.44. The molecule has 0 bridgehead atoms. The van der Waals surface area contributed by atoms with Crippen LogP contribution in [0.15, 0.2) is 48.7 Å². The molecule has 7 nitrogen and oxygen atoms in total. The van der Waals surface area contributed by atoms with E-state index in [4.69, 9.17) is 9.47 Å². The van der Waals surface area contributed by atoms with E-state index in [0.29, 0.717) is 41.5 Å². The number of carbonyl (C=O) groups is 1. The van der Waals surface area contributed by atoms with Crippen molar-refractivity contribution in [2.75, 3.05) is 43.6 Å². The first kappa shape index (κ1) is 18.9. The lowest BCUT2D eigenvalue weighted by atomic mass is 10.1. The minimum absolute atomic E-state index is 0.302. The number of amides is 1. The van der Waals surface area contributed by atoms with Gasteiger partial charge in [-0.25, -0.2) is 4.39 Å². The number of aromatic nitrogens is 2. The van der Waals surface area contributed by atoms with Crippen LogP contribution in [0.25, 0.3) is 11.1 Å². The number of H-pyrrole nitrogens is 1. The largest absolute Gasteiger partial charge is 0.495 e. The highest BCUT2D eigenvalue weighted by Gasteiger charge is 2.19. The van der Waals surface area contributed by atoms with Crippen LogP contribution in [0.2, 0.25) is 0 Å². The maximum Gasteiger partial charge on any atom is 0.256 e. The summed E-state index contributed by atoms with van der Waals surface area (Å²) in [6.45, 7) is 2.72. The second kappa shape index (κ2) is 8.32. The van der Waals surface area contributed by atoms with E-state index in [-0.39, 0.29) is 11.7 Å². The Hall–Kier alpha value is -3.39. The molecule has 1 aromatic heterocycles. The zero-order valence-corrected chi connectivity index (χ0v) is 15.9. The number of anilines is 2. The van der Waals surface area contributed by atoms with E-state index < -0.39 is 0 Å². The molecule has 8 heteroatoms. The zero-order chi connectivity index (χ0) is 20.2. The van der Waals surface area contributed by atoms with Crippen molar-refractivity contribution in [2.45, 2.75) is 0 Å². The van der Waals surface area contributed by atoms with Gasteiger partial charge in [0, 0.05) is 24.2 Å². The number of ether oxygens (including phenoxy) is 2. The van der Waals surface area contributed by atoms with Gasteiger partial charge < -0.3 is 19.7 Å². The van der Waals surface area contributed by atoms with E-state index in [1.54, 1.807) is 43.6 Å². The molecule has 1 amide bonds. The van der Waals surface area contributed by atoms with Crippen molar-refractivity contribution in [1.29, 1.82) is 0 Å². The standard InChI is InChI=1S/C21H21FN4O3/c1-28-19-6-5-15(12-18(19)26-7-9-29-10-8-26)21(27)24-20-17(13-23-25-20)14-3-2-4-16(22)11-14/h2-6,11-13H,7-10H2,1H3,(H2,23,24,25,27). The van der Waals surface area contributed by atoms with Crippen molar-refractivity contribution in [3.8, 4) is 16.9 Å². The lowest BCUT2D eigenvalue weighted by Crippen LogP contribution is -2.36. The van der Waals surface area contributed by atoms with Crippen LogP contribution >= 0.6 is 0 Å². The topological polar surface area (TPSA) is 79.5 Å². The number of halogens is 1. The highest BCUT2D eigenvalue weighted by molar-refractivity contribution is 6.06. The molecule has 1 fully saturated rings. The summed E-state index contributed by atoms with van der Waals surface area (Å²) in [4.78, 5) is 15.0. The highest BCUT2D eigenvalue weighted by atomic mass is 19.1. The number of hydrogen-bond donors (Lipinski definition) is 2. The number of hydrogen-bond acceptors (Lipinski definition) is 5. The van der Waals surface area contributed by atoms with Crippen LogP contribution in [0.4, 0.5) is 15.9 Å². The third-order valence-electron chi connectivity index (χ3n) is 4.81. The molecule has 4 rings (SSSR count). The molecule has 2 heterocycles. The van der Waals surface area contributed by atoms with Crippen molar-refractivity contribution < 1.29 is 18.7 Å². The van der Waals surface area contributed by atoms with E-state index >= 15 is 0 Å². The van der Waals surface area contributed by atoms with E-state index in [2.05, 4.69) is 20.4 Å². The zero-order valence-electron chi connectivity index (χ0n) is 15.9. The molecule has 0 atom stereocenters. The third kappa shape index (κ3) is 4.07. The van der Waals surface area contributed by atoms with E-state index in [0.717, 1.165) is 18.8 Å². The highest BCUT2D eigenvalue weighted by Crippen LogP contribution is 2.31. The quantitative estimate of drug-likeness (QED) is 0.692. The first-order valence-electron chi connectivity index (χ1n) is 9.27. The van der Waals surface area contributed by atoms with Gasteiger partial charge >= 0.3 is 0 Å². The molecule has 1 saturated heterocycles. The summed E-state index contributed by atoms with van der Waals surface area (Å²) in [5, 5.41) is 9.59. The van der Waals surface area contributed by atoms with Gasteiger partial charge in [-0.15, -0.1) is 0 Å². The van der Waals surface area contributed by atoms with E-state index in [9.17, 15) is 9.18 Å². The van der Waals surface area contributed by atoms with Gasteiger partial charge in [-0.05, 0) is 35.9 Å².